The van der Waals surface area contributed by atoms with E-state index in [1.807, 2.05) is 13.8 Å². The summed E-state index contributed by atoms with van der Waals surface area (Å²) < 4.78 is 26.7. The second-order valence-electron chi connectivity index (χ2n) is 5.89. The lowest BCUT2D eigenvalue weighted by atomic mass is 9.91. The van der Waals surface area contributed by atoms with Crippen LogP contribution in [-0.2, 0) is 10.0 Å². The van der Waals surface area contributed by atoms with Crippen molar-refractivity contribution in [3.05, 3.63) is 0 Å². The highest BCUT2D eigenvalue weighted by Gasteiger charge is 2.38. The lowest BCUT2D eigenvalue weighted by Crippen LogP contribution is -2.54. The summed E-state index contributed by atoms with van der Waals surface area (Å²) in [5.41, 5.74) is 5.44. The third-order valence-electron chi connectivity index (χ3n) is 4.95. The van der Waals surface area contributed by atoms with Gasteiger partial charge in [-0.1, -0.05) is 33.1 Å². The van der Waals surface area contributed by atoms with E-state index in [1.165, 1.54) is 19.3 Å². The summed E-state index contributed by atoms with van der Waals surface area (Å²) in [7, 11) is -1.49. The molecule has 0 aliphatic heterocycles. The summed E-state index contributed by atoms with van der Waals surface area (Å²) in [6.07, 6.45) is 7.24. The molecule has 0 heterocycles. The molecule has 4 nitrogen and oxygen atoms in total. The van der Waals surface area contributed by atoms with E-state index in [4.69, 9.17) is 5.73 Å². The number of hydrogen-bond donors (Lipinski definition) is 1. The topological polar surface area (TPSA) is 63.4 Å². The Bertz CT molecular complexity index is 349. The van der Waals surface area contributed by atoms with Gasteiger partial charge in [0.2, 0.25) is 10.0 Å². The predicted molar refractivity (Wildman–Crippen MR) is 80.5 cm³/mol. The van der Waals surface area contributed by atoms with E-state index in [1.54, 1.807) is 11.4 Å². The predicted octanol–water partition coefficient (Wildman–Crippen LogP) is 2.35. The van der Waals surface area contributed by atoms with Gasteiger partial charge in [0.15, 0.2) is 0 Å². The van der Waals surface area contributed by atoms with Gasteiger partial charge in [0, 0.05) is 19.1 Å². The lowest BCUT2D eigenvalue weighted by molar-refractivity contribution is 0.206. The smallest absolute Gasteiger partial charge is 0.214 e. The molecule has 1 saturated carbocycles. The molecule has 0 atom stereocenters. The fourth-order valence-electron chi connectivity index (χ4n) is 3.17. The summed E-state index contributed by atoms with van der Waals surface area (Å²) >= 11 is 0. The molecule has 2 N–H and O–H groups in total. The summed E-state index contributed by atoms with van der Waals surface area (Å²) in [6, 6.07) is 0. The van der Waals surface area contributed by atoms with Crippen molar-refractivity contribution in [2.75, 3.05) is 19.3 Å². The van der Waals surface area contributed by atoms with Crippen molar-refractivity contribution in [1.29, 1.82) is 0 Å². The molecule has 0 unspecified atom stereocenters. The van der Waals surface area contributed by atoms with Crippen molar-refractivity contribution in [3.63, 3.8) is 0 Å². The van der Waals surface area contributed by atoms with Crippen molar-refractivity contribution in [3.8, 4) is 0 Å². The monoisotopic (exact) mass is 290 g/mol. The molecule has 1 aliphatic carbocycles. The molecule has 1 rings (SSSR count). The average molecular weight is 290 g/mol. The summed E-state index contributed by atoms with van der Waals surface area (Å²) in [5.74, 6) is 0.635. The van der Waals surface area contributed by atoms with Gasteiger partial charge in [0.1, 0.15) is 0 Å². The molecule has 1 fully saturated rings. The zero-order chi connectivity index (χ0) is 14.5. The SMILES string of the molecule is CCC(CC)(CN)N(C)S(=O)(=O)CC1CCCCC1. The second-order valence-corrected chi connectivity index (χ2v) is 7.93. The highest BCUT2D eigenvalue weighted by molar-refractivity contribution is 7.89. The van der Waals surface area contributed by atoms with E-state index >= 15 is 0 Å². The van der Waals surface area contributed by atoms with Crippen LogP contribution < -0.4 is 5.73 Å². The summed E-state index contributed by atoms with van der Waals surface area (Å²) in [4.78, 5) is 0. The van der Waals surface area contributed by atoms with Gasteiger partial charge in [-0.25, -0.2) is 8.42 Å². The normalized spacial score (nSPS) is 19.0. The molecule has 0 amide bonds. The molecular weight excluding hydrogens is 260 g/mol. The van der Waals surface area contributed by atoms with Gasteiger partial charge in [0.25, 0.3) is 0 Å². The first-order valence-electron chi connectivity index (χ1n) is 7.58. The molecule has 19 heavy (non-hydrogen) atoms. The van der Waals surface area contributed by atoms with E-state index < -0.39 is 15.6 Å². The van der Waals surface area contributed by atoms with E-state index in [0.29, 0.717) is 18.2 Å². The van der Waals surface area contributed by atoms with Gasteiger partial charge < -0.3 is 5.73 Å². The summed E-state index contributed by atoms with van der Waals surface area (Å²) in [6.45, 7) is 4.42. The van der Waals surface area contributed by atoms with Gasteiger partial charge in [-0.3, -0.25) is 0 Å². The molecule has 0 bridgehead atoms. The zero-order valence-electron chi connectivity index (χ0n) is 12.7. The number of rotatable bonds is 7. The quantitative estimate of drug-likeness (QED) is 0.783. The minimum absolute atomic E-state index is 0.297. The average Bonchev–Trinajstić information content (AvgIpc) is 2.42. The zero-order valence-corrected chi connectivity index (χ0v) is 13.5. The Morgan fingerprint density at radius 1 is 1.16 bits per heavy atom. The van der Waals surface area contributed by atoms with Crippen molar-refractivity contribution in [2.24, 2.45) is 11.7 Å². The van der Waals surface area contributed by atoms with E-state index in [0.717, 1.165) is 25.7 Å². The maximum absolute atomic E-state index is 12.6. The molecule has 0 aromatic heterocycles. The van der Waals surface area contributed by atoms with Crippen molar-refractivity contribution in [2.45, 2.75) is 64.3 Å². The minimum atomic E-state index is -3.20. The van der Waals surface area contributed by atoms with Crippen LogP contribution >= 0.6 is 0 Å². The van der Waals surface area contributed by atoms with Crippen LogP contribution in [0.2, 0.25) is 0 Å². The van der Waals surface area contributed by atoms with E-state index in [-0.39, 0.29) is 0 Å². The Labute approximate surface area is 118 Å². The highest BCUT2D eigenvalue weighted by Crippen LogP contribution is 2.29. The number of sulfonamides is 1. The third kappa shape index (κ3) is 3.92. The Morgan fingerprint density at radius 3 is 2.11 bits per heavy atom. The molecule has 1 aliphatic rings. The Balaban J connectivity index is 2.79. The molecule has 0 radical (unpaired) electrons. The molecular formula is C14H30N2O2S. The molecule has 0 spiro atoms. The molecule has 5 heteroatoms. The molecule has 0 saturated heterocycles. The largest absolute Gasteiger partial charge is 0.329 e. The number of likely N-dealkylation sites (N-methyl/N-ethyl adjacent to an activating group) is 1. The van der Waals surface area contributed by atoms with Crippen LogP contribution in [0.15, 0.2) is 0 Å². The number of nitrogens with two attached hydrogens (primary N) is 1. The van der Waals surface area contributed by atoms with Crippen LogP contribution in [0.5, 0.6) is 0 Å². The van der Waals surface area contributed by atoms with Gasteiger partial charge in [-0.15, -0.1) is 0 Å². The molecule has 114 valence electrons. The lowest BCUT2D eigenvalue weighted by Gasteiger charge is -2.39. The van der Waals surface area contributed by atoms with Gasteiger partial charge in [0.05, 0.1) is 5.75 Å². The van der Waals surface area contributed by atoms with Crippen LogP contribution in [0.25, 0.3) is 0 Å². The van der Waals surface area contributed by atoms with E-state index in [9.17, 15) is 8.42 Å². The van der Waals surface area contributed by atoms with Crippen LogP contribution in [-0.4, -0.2) is 37.6 Å². The standard InChI is InChI=1S/C14H30N2O2S/c1-4-14(5-2,12-15)16(3)19(17,18)11-13-9-7-6-8-10-13/h13H,4-12,15H2,1-3H3. The fourth-order valence-corrected chi connectivity index (χ4v) is 5.25. The highest BCUT2D eigenvalue weighted by atomic mass is 32.2. The second kappa shape index (κ2) is 7.04. The minimum Gasteiger partial charge on any atom is -0.329 e. The Morgan fingerprint density at radius 2 is 1.68 bits per heavy atom. The molecule has 0 aromatic carbocycles. The van der Waals surface area contributed by atoms with Crippen molar-refractivity contribution < 1.29 is 8.42 Å². The van der Waals surface area contributed by atoms with Crippen molar-refractivity contribution >= 4 is 10.0 Å². The van der Waals surface area contributed by atoms with Crippen LogP contribution in [0.4, 0.5) is 0 Å². The van der Waals surface area contributed by atoms with Gasteiger partial charge in [-0.2, -0.15) is 4.31 Å². The number of nitrogens with zero attached hydrogens (tertiary/aromatic N) is 1. The summed E-state index contributed by atoms with van der Waals surface area (Å²) in [5, 5.41) is 0. The van der Waals surface area contributed by atoms with Crippen LogP contribution in [0.3, 0.4) is 0 Å². The van der Waals surface area contributed by atoms with Crippen molar-refractivity contribution in [1.82, 2.24) is 4.31 Å². The molecule has 0 aromatic rings. The fraction of sp³-hybridized carbons (Fsp3) is 1.00. The first-order valence-corrected chi connectivity index (χ1v) is 9.19. The van der Waals surface area contributed by atoms with Gasteiger partial charge in [-0.05, 0) is 31.6 Å². The maximum atomic E-state index is 12.6. The van der Waals surface area contributed by atoms with Gasteiger partial charge >= 0.3 is 0 Å². The van der Waals surface area contributed by atoms with Crippen LogP contribution in [0.1, 0.15) is 58.8 Å². The Hall–Kier alpha value is -0.130. The van der Waals surface area contributed by atoms with Crippen LogP contribution in [0, 0.1) is 5.92 Å². The Kier molecular flexibility index (Phi) is 6.27. The number of hydrogen-bond acceptors (Lipinski definition) is 3. The first kappa shape index (κ1) is 16.9. The maximum Gasteiger partial charge on any atom is 0.214 e. The first-order chi connectivity index (χ1) is 8.91. The third-order valence-corrected chi connectivity index (χ3v) is 7.07. The van der Waals surface area contributed by atoms with E-state index in [2.05, 4.69) is 0 Å².